The van der Waals surface area contributed by atoms with Gasteiger partial charge in [0.05, 0.1) is 0 Å². The highest BCUT2D eigenvalue weighted by Crippen LogP contribution is 2.27. The number of rotatable bonds is 12. The summed E-state index contributed by atoms with van der Waals surface area (Å²) in [5.74, 6) is -0.0257. The number of carbonyl (C=O) groups is 2. The van der Waals surface area contributed by atoms with Crippen LogP contribution < -0.4 is 10.1 Å². The number of benzene rings is 3. The Labute approximate surface area is 230 Å². The number of nitrogens with zero attached hydrogens (tertiary/aromatic N) is 1. The van der Waals surface area contributed by atoms with Crippen molar-refractivity contribution < 1.29 is 14.3 Å². The third-order valence-electron chi connectivity index (χ3n) is 5.67. The number of carbonyl (C=O) groups excluding carboxylic acids is 2. The minimum atomic E-state index is -0.780. The SMILES string of the molecule is CCCCNC(=O)C(Cc1ccccc1)N(Cc1c(Cl)cccc1Cl)C(=O)COc1ccc(Br)cc1. The maximum absolute atomic E-state index is 13.6. The molecule has 0 radical (unpaired) electrons. The van der Waals surface area contributed by atoms with Crippen LogP contribution in [0, 0.1) is 0 Å². The normalized spacial score (nSPS) is 11.6. The molecular weight excluding hydrogens is 563 g/mol. The van der Waals surface area contributed by atoms with E-state index in [1.165, 1.54) is 4.90 Å². The Morgan fingerprint density at radius 3 is 2.28 bits per heavy atom. The molecule has 3 aromatic rings. The third-order valence-corrected chi connectivity index (χ3v) is 6.90. The van der Waals surface area contributed by atoms with E-state index in [1.807, 2.05) is 42.5 Å². The van der Waals surface area contributed by atoms with Crippen LogP contribution in [0.2, 0.25) is 10.0 Å². The highest BCUT2D eigenvalue weighted by molar-refractivity contribution is 9.10. The van der Waals surface area contributed by atoms with Crippen LogP contribution in [-0.2, 0) is 22.6 Å². The number of hydrogen-bond donors (Lipinski definition) is 1. The molecule has 1 N–H and O–H groups in total. The monoisotopic (exact) mass is 590 g/mol. The summed E-state index contributed by atoms with van der Waals surface area (Å²) in [4.78, 5) is 28.5. The highest BCUT2D eigenvalue weighted by atomic mass is 79.9. The standard InChI is InChI=1S/C28H29BrCl2N2O3/c1-2-3-16-32-28(35)26(17-20-8-5-4-6-9-20)33(18-23-24(30)10-7-11-25(23)31)27(34)19-36-22-14-12-21(29)13-15-22/h4-15,26H,2-3,16-19H2,1H3,(H,32,35). The van der Waals surface area contributed by atoms with E-state index in [0.717, 1.165) is 22.9 Å². The average molecular weight is 592 g/mol. The summed E-state index contributed by atoms with van der Waals surface area (Å²) < 4.78 is 6.68. The van der Waals surface area contributed by atoms with E-state index < -0.39 is 6.04 Å². The Hall–Kier alpha value is -2.54. The lowest BCUT2D eigenvalue weighted by molar-refractivity contribution is -0.142. The zero-order valence-electron chi connectivity index (χ0n) is 20.1. The number of amides is 2. The molecule has 0 aliphatic carbocycles. The van der Waals surface area contributed by atoms with Crippen LogP contribution in [0.15, 0.2) is 77.3 Å². The van der Waals surface area contributed by atoms with Gasteiger partial charge in [-0.3, -0.25) is 9.59 Å². The lowest BCUT2D eigenvalue weighted by atomic mass is 10.0. The predicted octanol–water partition coefficient (Wildman–Crippen LogP) is 6.69. The molecule has 8 heteroatoms. The van der Waals surface area contributed by atoms with Gasteiger partial charge in [0.25, 0.3) is 5.91 Å². The van der Waals surface area contributed by atoms with Crippen LogP contribution in [0.3, 0.4) is 0 Å². The van der Waals surface area contributed by atoms with E-state index >= 15 is 0 Å². The first-order chi connectivity index (χ1) is 17.4. The van der Waals surface area contributed by atoms with Crippen molar-refractivity contribution in [3.63, 3.8) is 0 Å². The lowest BCUT2D eigenvalue weighted by Crippen LogP contribution is -2.52. The van der Waals surface area contributed by atoms with Gasteiger partial charge in [-0.25, -0.2) is 0 Å². The van der Waals surface area contributed by atoms with Gasteiger partial charge in [0.1, 0.15) is 11.8 Å². The second-order valence-electron chi connectivity index (χ2n) is 8.31. The molecule has 0 aliphatic rings. The maximum Gasteiger partial charge on any atom is 0.261 e. The summed E-state index contributed by atoms with van der Waals surface area (Å²) >= 11 is 16.3. The minimum absolute atomic E-state index is 0.0692. The van der Waals surface area contributed by atoms with Crippen LogP contribution in [0.4, 0.5) is 0 Å². The van der Waals surface area contributed by atoms with E-state index in [4.69, 9.17) is 27.9 Å². The van der Waals surface area contributed by atoms with E-state index in [9.17, 15) is 9.59 Å². The van der Waals surface area contributed by atoms with Gasteiger partial charge in [-0.2, -0.15) is 0 Å². The fourth-order valence-corrected chi connectivity index (χ4v) is 4.45. The van der Waals surface area contributed by atoms with Crippen LogP contribution in [0.1, 0.15) is 30.9 Å². The van der Waals surface area contributed by atoms with Crippen LogP contribution in [0.5, 0.6) is 5.75 Å². The van der Waals surface area contributed by atoms with Crippen LogP contribution in [-0.4, -0.2) is 35.9 Å². The molecule has 5 nitrogen and oxygen atoms in total. The summed E-state index contributed by atoms with van der Waals surface area (Å²) in [5, 5.41) is 3.85. The fraction of sp³-hybridized carbons (Fsp3) is 0.286. The number of hydrogen-bond acceptors (Lipinski definition) is 3. The van der Waals surface area contributed by atoms with E-state index in [2.05, 4.69) is 28.2 Å². The lowest BCUT2D eigenvalue weighted by Gasteiger charge is -2.32. The van der Waals surface area contributed by atoms with Gasteiger partial charge in [-0.1, -0.05) is 88.9 Å². The Balaban J connectivity index is 1.92. The summed E-state index contributed by atoms with van der Waals surface area (Å²) in [6, 6.07) is 21.2. The Morgan fingerprint density at radius 1 is 0.972 bits per heavy atom. The number of ether oxygens (including phenoxy) is 1. The molecule has 1 unspecified atom stereocenters. The largest absolute Gasteiger partial charge is 0.484 e. The van der Waals surface area contributed by atoms with Crippen molar-refractivity contribution in [3.8, 4) is 5.75 Å². The first-order valence-electron chi connectivity index (χ1n) is 11.8. The second-order valence-corrected chi connectivity index (χ2v) is 10.0. The topological polar surface area (TPSA) is 58.6 Å². The van der Waals surface area contributed by atoms with Crippen molar-refractivity contribution in [2.75, 3.05) is 13.2 Å². The van der Waals surface area contributed by atoms with Crippen molar-refractivity contribution in [1.82, 2.24) is 10.2 Å². The molecule has 0 aliphatic heterocycles. The molecule has 3 aromatic carbocycles. The summed E-state index contributed by atoms with van der Waals surface area (Å²) in [5.41, 5.74) is 1.52. The Morgan fingerprint density at radius 2 is 1.64 bits per heavy atom. The highest BCUT2D eigenvalue weighted by Gasteiger charge is 2.31. The number of nitrogens with one attached hydrogen (secondary N) is 1. The fourth-order valence-electron chi connectivity index (χ4n) is 3.67. The van der Waals surface area contributed by atoms with Gasteiger partial charge >= 0.3 is 0 Å². The van der Waals surface area contributed by atoms with Crippen molar-refractivity contribution in [2.45, 2.75) is 38.8 Å². The number of halogens is 3. The van der Waals surface area contributed by atoms with Crippen molar-refractivity contribution in [3.05, 3.63) is 98.4 Å². The molecule has 0 aromatic heterocycles. The van der Waals surface area contributed by atoms with E-state index in [-0.39, 0.29) is 25.0 Å². The predicted molar refractivity (Wildman–Crippen MR) is 149 cm³/mol. The molecule has 36 heavy (non-hydrogen) atoms. The van der Waals surface area contributed by atoms with Crippen molar-refractivity contribution in [1.29, 1.82) is 0 Å². The molecule has 0 heterocycles. The number of unbranched alkanes of at least 4 members (excludes halogenated alkanes) is 1. The van der Waals surface area contributed by atoms with Gasteiger partial charge in [0.2, 0.25) is 5.91 Å². The first-order valence-corrected chi connectivity index (χ1v) is 13.4. The van der Waals surface area contributed by atoms with Gasteiger partial charge in [-0.05, 0) is 48.4 Å². The van der Waals surface area contributed by atoms with E-state index in [0.29, 0.717) is 34.3 Å². The van der Waals surface area contributed by atoms with E-state index in [1.54, 1.807) is 30.3 Å². The zero-order chi connectivity index (χ0) is 25.9. The van der Waals surface area contributed by atoms with Gasteiger partial charge < -0.3 is 15.0 Å². The molecule has 0 bridgehead atoms. The maximum atomic E-state index is 13.6. The molecule has 0 spiro atoms. The summed E-state index contributed by atoms with van der Waals surface area (Å²) in [6.07, 6.45) is 2.13. The van der Waals surface area contributed by atoms with Gasteiger partial charge in [-0.15, -0.1) is 0 Å². The van der Waals surface area contributed by atoms with Crippen LogP contribution >= 0.6 is 39.1 Å². The molecule has 3 rings (SSSR count). The molecule has 190 valence electrons. The average Bonchev–Trinajstić information content (AvgIpc) is 2.88. The quantitative estimate of drug-likeness (QED) is 0.239. The zero-order valence-corrected chi connectivity index (χ0v) is 23.2. The minimum Gasteiger partial charge on any atom is -0.484 e. The Kier molecular flexibility index (Phi) is 11.1. The molecule has 0 saturated carbocycles. The molecule has 0 fully saturated rings. The molecule has 0 saturated heterocycles. The molecular formula is C28H29BrCl2N2O3. The molecule has 2 amide bonds. The Bertz CT molecular complexity index is 1120. The van der Waals surface area contributed by atoms with Gasteiger partial charge in [0.15, 0.2) is 6.61 Å². The van der Waals surface area contributed by atoms with Gasteiger partial charge in [0, 0.05) is 39.6 Å². The first kappa shape index (κ1) is 28.0. The third kappa shape index (κ3) is 8.26. The second kappa shape index (κ2) is 14.3. The molecule has 1 atom stereocenters. The van der Waals surface area contributed by atoms with Crippen LogP contribution in [0.25, 0.3) is 0 Å². The summed E-state index contributed by atoms with van der Waals surface area (Å²) in [6.45, 7) is 2.42. The van der Waals surface area contributed by atoms with Crippen molar-refractivity contribution >= 4 is 50.9 Å². The smallest absolute Gasteiger partial charge is 0.261 e. The van der Waals surface area contributed by atoms with Crippen molar-refractivity contribution in [2.24, 2.45) is 0 Å². The summed E-state index contributed by atoms with van der Waals surface area (Å²) in [7, 11) is 0.